The van der Waals surface area contributed by atoms with Crippen molar-refractivity contribution in [3.63, 3.8) is 0 Å². The quantitative estimate of drug-likeness (QED) is 0.867. The van der Waals surface area contributed by atoms with Crippen molar-refractivity contribution >= 4 is 29.9 Å². The molecule has 3 nitrogen and oxygen atoms in total. The van der Waals surface area contributed by atoms with E-state index in [4.69, 9.17) is 11.6 Å². The highest BCUT2D eigenvalue weighted by atomic mass is 35.5. The molecule has 0 aromatic heterocycles. The molecule has 0 radical (unpaired) electrons. The third-order valence-corrected chi connectivity index (χ3v) is 5.63. The average Bonchev–Trinajstić information content (AvgIpc) is 2.98. The number of hydrogen-bond donors (Lipinski definition) is 1. The van der Waals surface area contributed by atoms with Gasteiger partial charge in [0.15, 0.2) is 0 Å². The summed E-state index contributed by atoms with van der Waals surface area (Å²) in [6, 6.07) is 8.27. The number of benzene rings is 1. The van der Waals surface area contributed by atoms with Gasteiger partial charge in [0, 0.05) is 23.5 Å². The summed E-state index contributed by atoms with van der Waals surface area (Å²) in [5, 5.41) is 4.03. The summed E-state index contributed by atoms with van der Waals surface area (Å²) in [5.41, 5.74) is 1.06. The van der Waals surface area contributed by atoms with Crippen LogP contribution >= 0.6 is 24.0 Å². The Morgan fingerprint density at radius 3 is 2.52 bits per heavy atom. The summed E-state index contributed by atoms with van der Waals surface area (Å²) in [4.78, 5) is 15.1. The third kappa shape index (κ3) is 4.20. The van der Waals surface area contributed by atoms with Crippen LogP contribution in [0.1, 0.15) is 38.2 Å². The van der Waals surface area contributed by atoms with Crippen LogP contribution in [0.15, 0.2) is 24.3 Å². The summed E-state index contributed by atoms with van der Waals surface area (Å²) in [5.74, 6) is 0.894. The molecule has 1 unspecified atom stereocenters. The first kappa shape index (κ1) is 18.6. The zero-order valence-corrected chi connectivity index (χ0v) is 15.2. The standard InChI is InChI=1S/C18H25ClN2O.ClH/c1-13(15-10-20-11-15)18(22)21(16-7-3-4-8-16)12-14-6-2-5-9-17(14)19;/h2,5-6,9,13,15-16,20H,3-4,7-8,10-12H2,1H3;1H. The van der Waals surface area contributed by atoms with Gasteiger partial charge >= 0.3 is 0 Å². The molecule has 1 N–H and O–H groups in total. The molecule has 1 amide bonds. The molecule has 1 aromatic carbocycles. The second-order valence-electron chi connectivity index (χ2n) is 6.70. The van der Waals surface area contributed by atoms with Gasteiger partial charge in [0.25, 0.3) is 0 Å². The lowest BCUT2D eigenvalue weighted by molar-refractivity contribution is -0.140. The molecule has 2 aliphatic rings. The summed E-state index contributed by atoms with van der Waals surface area (Å²) in [6.45, 7) is 4.67. The number of carbonyl (C=O) groups is 1. The van der Waals surface area contributed by atoms with Gasteiger partial charge in [0.1, 0.15) is 0 Å². The molecule has 128 valence electrons. The van der Waals surface area contributed by atoms with Crippen LogP contribution in [-0.4, -0.2) is 29.9 Å². The molecule has 1 aromatic rings. The fourth-order valence-corrected chi connectivity index (χ4v) is 3.74. The number of hydrogen-bond acceptors (Lipinski definition) is 2. The van der Waals surface area contributed by atoms with Gasteiger partial charge in [-0.2, -0.15) is 0 Å². The minimum Gasteiger partial charge on any atom is -0.335 e. The zero-order valence-electron chi connectivity index (χ0n) is 13.6. The second kappa shape index (κ2) is 8.36. The predicted octanol–water partition coefficient (Wildman–Crippen LogP) is 3.89. The van der Waals surface area contributed by atoms with Crippen molar-refractivity contribution in [1.29, 1.82) is 0 Å². The molecule has 3 rings (SSSR count). The van der Waals surface area contributed by atoms with E-state index in [9.17, 15) is 4.79 Å². The van der Waals surface area contributed by atoms with Gasteiger partial charge in [-0.05, 0) is 43.5 Å². The SMILES string of the molecule is CC(C(=O)N(Cc1ccccc1Cl)C1CCCC1)C1CNC1.Cl. The van der Waals surface area contributed by atoms with Gasteiger partial charge in [-0.3, -0.25) is 4.79 Å². The summed E-state index contributed by atoms with van der Waals surface area (Å²) < 4.78 is 0. The largest absolute Gasteiger partial charge is 0.335 e. The van der Waals surface area contributed by atoms with Crippen LogP contribution in [0.3, 0.4) is 0 Å². The van der Waals surface area contributed by atoms with Gasteiger partial charge in [0.05, 0.1) is 0 Å². The monoisotopic (exact) mass is 356 g/mol. The fourth-order valence-electron chi connectivity index (χ4n) is 3.54. The van der Waals surface area contributed by atoms with Crippen molar-refractivity contribution in [2.24, 2.45) is 11.8 Å². The van der Waals surface area contributed by atoms with E-state index in [1.807, 2.05) is 24.3 Å². The molecule has 23 heavy (non-hydrogen) atoms. The Morgan fingerprint density at radius 1 is 1.30 bits per heavy atom. The number of nitrogens with zero attached hydrogens (tertiary/aromatic N) is 1. The Kier molecular flexibility index (Phi) is 6.75. The van der Waals surface area contributed by atoms with Crippen LogP contribution in [0.25, 0.3) is 0 Å². The van der Waals surface area contributed by atoms with Crippen molar-refractivity contribution in [3.8, 4) is 0 Å². The predicted molar refractivity (Wildman–Crippen MR) is 97.0 cm³/mol. The number of nitrogens with one attached hydrogen (secondary N) is 1. The molecule has 0 spiro atoms. The minimum absolute atomic E-state index is 0. The molecule has 2 fully saturated rings. The molecule has 1 aliphatic carbocycles. The Labute approximate surface area is 150 Å². The second-order valence-corrected chi connectivity index (χ2v) is 7.11. The van der Waals surface area contributed by atoms with Gasteiger partial charge in [-0.15, -0.1) is 12.4 Å². The van der Waals surface area contributed by atoms with Crippen molar-refractivity contribution in [2.45, 2.75) is 45.2 Å². The van der Waals surface area contributed by atoms with E-state index in [2.05, 4.69) is 17.1 Å². The van der Waals surface area contributed by atoms with Crippen LogP contribution in [0.4, 0.5) is 0 Å². The van der Waals surface area contributed by atoms with E-state index in [0.29, 0.717) is 24.4 Å². The van der Waals surface area contributed by atoms with E-state index >= 15 is 0 Å². The van der Waals surface area contributed by atoms with Crippen molar-refractivity contribution in [2.75, 3.05) is 13.1 Å². The summed E-state index contributed by atoms with van der Waals surface area (Å²) in [6.07, 6.45) is 4.73. The molecule has 1 atom stereocenters. The maximum atomic E-state index is 13.0. The Balaban J connectivity index is 0.00000192. The fraction of sp³-hybridized carbons (Fsp3) is 0.611. The molecule has 1 saturated heterocycles. The summed E-state index contributed by atoms with van der Waals surface area (Å²) in [7, 11) is 0. The van der Waals surface area contributed by atoms with Crippen molar-refractivity contribution < 1.29 is 4.79 Å². The van der Waals surface area contributed by atoms with Crippen LogP contribution in [-0.2, 0) is 11.3 Å². The lowest BCUT2D eigenvalue weighted by Gasteiger charge is -2.37. The number of rotatable bonds is 5. The molecular formula is C18H26Cl2N2O. The molecule has 0 bridgehead atoms. The van der Waals surface area contributed by atoms with Gasteiger partial charge in [-0.25, -0.2) is 0 Å². The third-order valence-electron chi connectivity index (χ3n) is 5.26. The first-order valence-electron chi connectivity index (χ1n) is 8.41. The van der Waals surface area contributed by atoms with Gasteiger partial charge in [-0.1, -0.05) is 49.6 Å². The first-order chi connectivity index (χ1) is 10.7. The van der Waals surface area contributed by atoms with E-state index in [1.165, 1.54) is 12.8 Å². The molecular weight excluding hydrogens is 331 g/mol. The first-order valence-corrected chi connectivity index (χ1v) is 8.79. The lowest BCUT2D eigenvalue weighted by atomic mass is 9.87. The van der Waals surface area contributed by atoms with Crippen LogP contribution in [0, 0.1) is 11.8 Å². The smallest absolute Gasteiger partial charge is 0.226 e. The van der Waals surface area contributed by atoms with E-state index < -0.39 is 0 Å². The lowest BCUT2D eigenvalue weighted by Crippen LogP contribution is -2.51. The highest BCUT2D eigenvalue weighted by Crippen LogP contribution is 2.30. The Bertz CT molecular complexity index is 528. The topological polar surface area (TPSA) is 32.3 Å². The molecule has 1 heterocycles. The molecule has 1 saturated carbocycles. The van der Waals surface area contributed by atoms with E-state index in [-0.39, 0.29) is 18.3 Å². The highest BCUT2D eigenvalue weighted by molar-refractivity contribution is 6.31. The maximum Gasteiger partial charge on any atom is 0.226 e. The summed E-state index contributed by atoms with van der Waals surface area (Å²) >= 11 is 6.31. The average molecular weight is 357 g/mol. The Hall–Kier alpha value is -0.770. The number of amides is 1. The van der Waals surface area contributed by atoms with Crippen LogP contribution in [0.2, 0.25) is 5.02 Å². The maximum absolute atomic E-state index is 13.0. The van der Waals surface area contributed by atoms with Crippen molar-refractivity contribution in [3.05, 3.63) is 34.9 Å². The van der Waals surface area contributed by atoms with E-state index in [1.54, 1.807) is 0 Å². The minimum atomic E-state index is 0. The highest BCUT2D eigenvalue weighted by Gasteiger charge is 2.35. The van der Waals surface area contributed by atoms with Crippen LogP contribution in [0.5, 0.6) is 0 Å². The molecule has 1 aliphatic heterocycles. The number of halogens is 2. The normalized spacial score (nSPS) is 19.7. The van der Waals surface area contributed by atoms with Gasteiger partial charge < -0.3 is 10.2 Å². The Morgan fingerprint density at radius 2 is 1.96 bits per heavy atom. The van der Waals surface area contributed by atoms with Gasteiger partial charge in [0.2, 0.25) is 5.91 Å². The van der Waals surface area contributed by atoms with E-state index in [0.717, 1.165) is 36.5 Å². The van der Waals surface area contributed by atoms with Crippen molar-refractivity contribution in [1.82, 2.24) is 10.2 Å². The zero-order chi connectivity index (χ0) is 15.5. The van der Waals surface area contributed by atoms with Crippen LogP contribution < -0.4 is 5.32 Å². The molecule has 5 heteroatoms. The number of carbonyl (C=O) groups excluding carboxylic acids is 1.